The van der Waals surface area contributed by atoms with E-state index in [9.17, 15) is 0 Å². The number of hydrogen-bond donors (Lipinski definition) is 1. The van der Waals surface area contributed by atoms with Crippen molar-refractivity contribution >= 4 is 16.5 Å². The van der Waals surface area contributed by atoms with Gasteiger partial charge in [0.15, 0.2) is 5.13 Å². The molecule has 3 aromatic rings. The highest BCUT2D eigenvalue weighted by Crippen LogP contribution is 2.39. The largest absolute Gasteiger partial charge is 0.497 e. The van der Waals surface area contributed by atoms with Crippen LogP contribution < -0.4 is 14.8 Å². The van der Waals surface area contributed by atoms with E-state index >= 15 is 0 Å². The van der Waals surface area contributed by atoms with Crippen LogP contribution in [0.5, 0.6) is 11.5 Å². The first-order valence-electron chi connectivity index (χ1n) is 10.0. The number of nitrogens with zero attached hydrogens (tertiary/aromatic N) is 2. The average molecular weight is 410 g/mol. The monoisotopic (exact) mass is 409 g/mol. The van der Waals surface area contributed by atoms with Gasteiger partial charge in [-0.3, -0.25) is 0 Å². The van der Waals surface area contributed by atoms with Crippen LogP contribution in [0, 0.1) is 0 Å². The number of benzene rings is 2. The fourth-order valence-electron chi connectivity index (χ4n) is 3.61. The van der Waals surface area contributed by atoms with Crippen LogP contribution >= 0.6 is 11.3 Å². The zero-order chi connectivity index (χ0) is 20.1. The standard InChI is InChI=1S/C23H27N3O2S/c1-27-19-9-5-17(6-10-19)21-22(18-7-11-20(28-2)12-8-18)29-23(25-21)24-13-16-26-14-3-4-15-26/h5-12H,3-4,13-16H2,1-2H3,(H,24,25). The lowest BCUT2D eigenvalue weighted by atomic mass is 10.1. The van der Waals surface area contributed by atoms with E-state index in [1.807, 2.05) is 24.3 Å². The van der Waals surface area contributed by atoms with Crippen LogP contribution in [0.3, 0.4) is 0 Å². The summed E-state index contributed by atoms with van der Waals surface area (Å²) in [6, 6.07) is 16.3. The summed E-state index contributed by atoms with van der Waals surface area (Å²) in [6.45, 7) is 4.41. The maximum Gasteiger partial charge on any atom is 0.183 e. The van der Waals surface area contributed by atoms with Crippen molar-refractivity contribution in [2.45, 2.75) is 12.8 Å². The fourth-order valence-corrected chi connectivity index (χ4v) is 4.62. The predicted octanol–water partition coefficient (Wildman–Crippen LogP) is 5.00. The summed E-state index contributed by atoms with van der Waals surface area (Å²) in [6.07, 6.45) is 2.64. The van der Waals surface area contributed by atoms with Gasteiger partial charge in [-0.25, -0.2) is 4.98 Å². The van der Waals surface area contributed by atoms with E-state index in [1.165, 1.54) is 25.9 Å². The van der Waals surface area contributed by atoms with Crippen molar-refractivity contribution in [2.75, 3.05) is 45.7 Å². The molecule has 0 unspecified atom stereocenters. The van der Waals surface area contributed by atoms with Gasteiger partial charge >= 0.3 is 0 Å². The Kier molecular flexibility index (Phi) is 6.32. The van der Waals surface area contributed by atoms with Gasteiger partial charge in [0, 0.05) is 18.7 Å². The van der Waals surface area contributed by atoms with Gasteiger partial charge in [-0.15, -0.1) is 0 Å². The molecule has 1 aliphatic rings. The van der Waals surface area contributed by atoms with Crippen LogP contribution in [0.4, 0.5) is 5.13 Å². The molecule has 0 spiro atoms. The SMILES string of the molecule is COc1ccc(-c2nc(NCCN3CCCC3)sc2-c2ccc(OC)cc2)cc1. The number of nitrogens with one attached hydrogen (secondary N) is 1. The zero-order valence-electron chi connectivity index (χ0n) is 17.0. The van der Waals surface area contributed by atoms with Crippen LogP contribution in [-0.2, 0) is 0 Å². The number of aromatic nitrogens is 1. The molecule has 29 heavy (non-hydrogen) atoms. The molecule has 0 bridgehead atoms. The Bertz CT molecular complexity index is 851. The van der Waals surface area contributed by atoms with Crippen molar-refractivity contribution in [1.82, 2.24) is 9.88 Å². The van der Waals surface area contributed by atoms with E-state index in [0.29, 0.717) is 0 Å². The molecular formula is C23H27N3O2S. The lowest BCUT2D eigenvalue weighted by Crippen LogP contribution is -2.25. The van der Waals surface area contributed by atoms with Crippen LogP contribution in [0.15, 0.2) is 48.5 Å². The van der Waals surface area contributed by atoms with Crippen LogP contribution in [0.2, 0.25) is 0 Å². The highest BCUT2D eigenvalue weighted by Gasteiger charge is 2.16. The van der Waals surface area contributed by atoms with Gasteiger partial charge in [-0.05, 0) is 80.0 Å². The summed E-state index contributed by atoms with van der Waals surface area (Å²) in [5.41, 5.74) is 3.22. The average Bonchev–Trinajstić information content (AvgIpc) is 3.44. The summed E-state index contributed by atoms with van der Waals surface area (Å²) in [5, 5.41) is 4.49. The smallest absolute Gasteiger partial charge is 0.183 e. The molecule has 2 aromatic carbocycles. The van der Waals surface area contributed by atoms with E-state index < -0.39 is 0 Å². The normalized spacial score (nSPS) is 14.1. The summed E-state index contributed by atoms with van der Waals surface area (Å²) in [7, 11) is 3.37. The maximum absolute atomic E-state index is 5.31. The molecule has 1 fully saturated rings. The molecule has 0 saturated carbocycles. The molecule has 0 aliphatic carbocycles. The zero-order valence-corrected chi connectivity index (χ0v) is 17.8. The van der Waals surface area contributed by atoms with Crippen molar-refractivity contribution in [1.29, 1.82) is 0 Å². The number of rotatable bonds is 8. The van der Waals surface area contributed by atoms with Gasteiger partial charge in [0.1, 0.15) is 11.5 Å². The molecule has 1 aromatic heterocycles. The van der Waals surface area contributed by atoms with E-state index in [2.05, 4.69) is 34.5 Å². The fraction of sp³-hybridized carbons (Fsp3) is 0.348. The minimum atomic E-state index is 0.846. The van der Waals surface area contributed by atoms with Crippen LogP contribution in [0.1, 0.15) is 12.8 Å². The van der Waals surface area contributed by atoms with Crippen LogP contribution in [0.25, 0.3) is 21.7 Å². The third-order valence-corrected chi connectivity index (χ3v) is 6.31. The first-order chi connectivity index (χ1) is 14.3. The highest BCUT2D eigenvalue weighted by atomic mass is 32.1. The van der Waals surface area contributed by atoms with Gasteiger partial charge < -0.3 is 19.7 Å². The molecule has 4 rings (SSSR count). The minimum Gasteiger partial charge on any atom is -0.497 e. The third-order valence-electron chi connectivity index (χ3n) is 5.25. The van der Waals surface area contributed by atoms with E-state index in [0.717, 1.165) is 51.4 Å². The lowest BCUT2D eigenvalue weighted by Gasteiger charge is -2.14. The second-order valence-electron chi connectivity index (χ2n) is 7.13. The Morgan fingerprint density at radius 3 is 2.07 bits per heavy atom. The maximum atomic E-state index is 5.31. The van der Waals surface area contributed by atoms with Gasteiger partial charge in [-0.2, -0.15) is 0 Å². The number of hydrogen-bond acceptors (Lipinski definition) is 6. The summed E-state index contributed by atoms with van der Waals surface area (Å²) in [5.74, 6) is 1.70. The van der Waals surface area contributed by atoms with Crippen molar-refractivity contribution in [3.63, 3.8) is 0 Å². The number of likely N-dealkylation sites (tertiary alicyclic amines) is 1. The van der Waals surface area contributed by atoms with Gasteiger partial charge in [-0.1, -0.05) is 11.3 Å². The van der Waals surface area contributed by atoms with Crippen molar-refractivity contribution < 1.29 is 9.47 Å². The molecule has 1 aliphatic heterocycles. The molecule has 5 nitrogen and oxygen atoms in total. The second kappa shape index (κ2) is 9.29. The summed E-state index contributed by atoms with van der Waals surface area (Å²) >= 11 is 1.70. The Labute approximate surface area is 176 Å². The molecular weight excluding hydrogens is 382 g/mol. The van der Waals surface area contributed by atoms with Gasteiger partial charge in [0.05, 0.1) is 24.8 Å². The molecule has 0 atom stereocenters. The third kappa shape index (κ3) is 4.71. The number of thiazole rings is 1. The molecule has 1 saturated heterocycles. The van der Waals surface area contributed by atoms with E-state index in [-0.39, 0.29) is 0 Å². The van der Waals surface area contributed by atoms with Crippen molar-refractivity contribution in [3.05, 3.63) is 48.5 Å². The molecule has 1 N–H and O–H groups in total. The lowest BCUT2D eigenvalue weighted by molar-refractivity contribution is 0.352. The predicted molar refractivity (Wildman–Crippen MR) is 120 cm³/mol. The molecule has 152 valence electrons. The second-order valence-corrected chi connectivity index (χ2v) is 8.13. The molecule has 6 heteroatoms. The van der Waals surface area contributed by atoms with Crippen LogP contribution in [-0.4, -0.2) is 50.3 Å². The molecule has 0 amide bonds. The summed E-state index contributed by atoms with van der Waals surface area (Å²) in [4.78, 5) is 8.60. The number of anilines is 1. The number of ether oxygens (including phenoxy) is 2. The molecule has 0 radical (unpaired) electrons. The van der Waals surface area contributed by atoms with Crippen molar-refractivity contribution in [2.24, 2.45) is 0 Å². The Balaban J connectivity index is 1.59. The quantitative estimate of drug-likeness (QED) is 0.567. The van der Waals surface area contributed by atoms with E-state index in [4.69, 9.17) is 14.5 Å². The molecule has 2 heterocycles. The van der Waals surface area contributed by atoms with Gasteiger partial charge in [0.25, 0.3) is 0 Å². The highest BCUT2D eigenvalue weighted by molar-refractivity contribution is 7.19. The van der Waals surface area contributed by atoms with Gasteiger partial charge in [0.2, 0.25) is 0 Å². The Hall–Kier alpha value is -2.57. The first-order valence-corrected chi connectivity index (χ1v) is 10.8. The first kappa shape index (κ1) is 19.7. The van der Waals surface area contributed by atoms with Crippen molar-refractivity contribution in [3.8, 4) is 33.2 Å². The van der Waals surface area contributed by atoms with E-state index in [1.54, 1.807) is 25.6 Å². The Morgan fingerprint density at radius 1 is 0.897 bits per heavy atom. The topological polar surface area (TPSA) is 46.6 Å². The minimum absolute atomic E-state index is 0.846. The Morgan fingerprint density at radius 2 is 1.48 bits per heavy atom. The summed E-state index contributed by atoms with van der Waals surface area (Å²) < 4.78 is 10.6. The number of methoxy groups -OCH3 is 2.